The van der Waals surface area contributed by atoms with Gasteiger partial charge in [0.05, 0.1) is 17.9 Å². The maximum Gasteiger partial charge on any atom is 0.217 e. The van der Waals surface area contributed by atoms with Crippen LogP contribution in [0.4, 0.5) is 0 Å². The molecular weight excluding hydrogens is 344 g/mol. The number of hydrogen-bond donors (Lipinski definition) is 1. The second-order valence-electron chi connectivity index (χ2n) is 5.91. The second kappa shape index (κ2) is 6.60. The maximum atomic E-state index is 10.9. The van der Waals surface area contributed by atoms with Crippen molar-refractivity contribution in [2.45, 2.75) is 38.1 Å². The van der Waals surface area contributed by atoms with E-state index < -0.39 is 0 Å². The molecule has 3 rings (SSSR count). The lowest BCUT2D eigenvalue weighted by Crippen LogP contribution is -2.13. The highest BCUT2D eigenvalue weighted by atomic mass is 79.9. The molecule has 0 saturated heterocycles. The molecule has 22 heavy (non-hydrogen) atoms. The van der Waals surface area contributed by atoms with Gasteiger partial charge in [0.15, 0.2) is 0 Å². The van der Waals surface area contributed by atoms with E-state index in [9.17, 15) is 4.79 Å². The Morgan fingerprint density at radius 1 is 1.32 bits per heavy atom. The number of hydrogen-bond acceptors (Lipinski definition) is 3. The predicted octanol–water partition coefficient (Wildman–Crippen LogP) is 3.31. The number of amides is 1. The molecule has 6 heteroatoms. The molecule has 0 radical (unpaired) electrons. The molecule has 2 aromatic rings. The fraction of sp³-hybridized carbons (Fsp3) is 0.438. The largest absolute Gasteiger partial charge is 0.370 e. The lowest BCUT2D eigenvalue weighted by molar-refractivity contribution is -0.118. The van der Waals surface area contributed by atoms with Crippen LogP contribution >= 0.6 is 15.9 Å². The minimum Gasteiger partial charge on any atom is -0.370 e. The Balaban J connectivity index is 1.73. The Morgan fingerprint density at radius 3 is 2.82 bits per heavy atom. The van der Waals surface area contributed by atoms with Crippen molar-refractivity contribution in [3.8, 4) is 11.3 Å². The number of carbonyl (C=O) groups is 1. The van der Waals surface area contributed by atoms with Gasteiger partial charge in [0.25, 0.3) is 0 Å². The van der Waals surface area contributed by atoms with Crippen molar-refractivity contribution in [1.82, 2.24) is 15.0 Å². The first kappa shape index (κ1) is 15.2. The van der Waals surface area contributed by atoms with E-state index in [1.807, 2.05) is 23.0 Å². The summed E-state index contributed by atoms with van der Waals surface area (Å²) in [6.45, 7) is 0. The predicted molar refractivity (Wildman–Crippen MR) is 88.0 cm³/mol. The highest BCUT2D eigenvalue weighted by molar-refractivity contribution is 9.10. The highest BCUT2D eigenvalue weighted by Gasteiger charge is 2.28. The summed E-state index contributed by atoms with van der Waals surface area (Å²) in [5, 5.41) is 8.38. The molecule has 0 bridgehead atoms. The summed E-state index contributed by atoms with van der Waals surface area (Å²) in [5.41, 5.74) is 7.41. The molecule has 0 unspecified atom stereocenters. The van der Waals surface area contributed by atoms with Gasteiger partial charge in [0.1, 0.15) is 0 Å². The molecule has 5 nitrogen and oxygen atoms in total. The van der Waals surface area contributed by atoms with Crippen molar-refractivity contribution in [2.24, 2.45) is 11.7 Å². The smallest absolute Gasteiger partial charge is 0.217 e. The Labute approximate surface area is 138 Å². The molecular formula is C16H19BrN4O. The van der Waals surface area contributed by atoms with E-state index in [0.29, 0.717) is 18.4 Å². The quantitative estimate of drug-likeness (QED) is 0.886. The van der Waals surface area contributed by atoms with Gasteiger partial charge >= 0.3 is 0 Å². The SMILES string of the molecule is NC(=O)CC[C@@H]1CC[C@@H](n2nncc2-c2ccc(Br)cc2)C1. The third-order valence-electron chi connectivity index (χ3n) is 4.37. The van der Waals surface area contributed by atoms with Crippen molar-refractivity contribution in [3.05, 3.63) is 34.9 Å². The zero-order valence-electron chi connectivity index (χ0n) is 12.3. The van der Waals surface area contributed by atoms with Crippen LogP contribution in [-0.2, 0) is 4.79 Å². The monoisotopic (exact) mass is 362 g/mol. The lowest BCUT2D eigenvalue weighted by Gasteiger charge is -2.14. The fourth-order valence-electron chi connectivity index (χ4n) is 3.22. The zero-order chi connectivity index (χ0) is 15.5. The molecule has 1 fully saturated rings. The molecule has 1 amide bonds. The number of nitrogens with zero attached hydrogens (tertiary/aromatic N) is 3. The van der Waals surface area contributed by atoms with E-state index in [1.165, 1.54) is 0 Å². The molecule has 0 spiro atoms. The first-order valence-electron chi connectivity index (χ1n) is 7.58. The maximum absolute atomic E-state index is 10.9. The van der Waals surface area contributed by atoms with Crippen LogP contribution in [-0.4, -0.2) is 20.9 Å². The zero-order valence-corrected chi connectivity index (χ0v) is 13.9. The average Bonchev–Trinajstić information content (AvgIpc) is 3.14. The summed E-state index contributed by atoms with van der Waals surface area (Å²) >= 11 is 3.45. The van der Waals surface area contributed by atoms with Gasteiger partial charge in [-0.15, -0.1) is 5.10 Å². The Kier molecular flexibility index (Phi) is 4.57. The number of rotatable bonds is 5. The number of primary amides is 1. The standard InChI is InChI=1S/C16H19BrN4O/c17-13-5-3-12(4-6-13)15-10-19-20-21(15)14-7-1-11(9-14)2-8-16(18)22/h3-6,10-11,14H,1-2,7-9H2,(H2,18,22)/t11-,14+/m0/s1. The third-order valence-corrected chi connectivity index (χ3v) is 4.90. The number of carbonyl (C=O) groups excluding carboxylic acids is 1. The Bertz CT molecular complexity index is 652. The van der Waals surface area contributed by atoms with E-state index in [0.717, 1.165) is 41.4 Å². The molecule has 2 atom stereocenters. The van der Waals surface area contributed by atoms with E-state index in [-0.39, 0.29) is 5.91 Å². The average molecular weight is 363 g/mol. The Morgan fingerprint density at radius 2 is 2.09 bits per heavy atom. The topological polar surface area (TPSA) is 73.8 Å². The summed E-state index contributed by atoms with van der Waals surface area (Å²) in [5.74, 6) is 0.347. The van der Waals surface area contributed by atoms with Gasteiger partial charge < -0.3 is 5.73 Å². The normalized spacial score (nSPS) is 21.1. The van der Waals surface area contributed by atoms with Crippen molar-refractivity contribution in [2.75, 3.05) is 0 Å². The van der Waals surface area contributed by atoms with Crippen LogP contribution in [0, 0.1) is 5.92 Å². The van der Waals surface area contributed by atoms with Crippen LogP contribution in [0.15, 0.2) is 34.9 Å². The van der Waals surface area contributed by atoms with Crippen molar-refractivity contribution >= 4 is 21.8 Å². The van der Waals surface area contributed by atoms with Crippen molar-refractivity contribution in [3.63, 3.8) is 0 Å². The van der Waals surface area contributed by atoms with Gasteiger partial charge in [-0.25, -0.2) is 4.68 Å². The van der Waals surface area contributed by atoms with Crippen LogP contribution in [0.2, 0.25) is 0 Å². The summed E-state index contributed by atoms with van der Waals surface area (Å²) in [6.07, 6.45) is 6.43. The molecule has 1 aliphatic carbocycles. The number of aromatic nitrogens is 3. The van der Waals surface area contributed by atoms with Crippen LogP contribution in [0.1, 0.15) is 38.1 Å². The molecule has 1 aliphatic rings. The van der Waals surface area contributed by atoms with Crippen LogP contribution in [0.25, 0.3) is 11.3 Å². The molecule has 1 saturated carbocycles. The summed E-state index contributed by atoms with van der Waals surface area (Å²) in [4.78, 5) is 10.9. The van der Waals surface area contributed by atoms with Gasteiger partial charge in [0, 0.05) is 16.5 Å². The molecule has 1 aromatic carbocycles. The molecule has 1 aromatic heterocycles. The van der Waals surface area contributed by atoms with E-state index in [2.05, 4.69) is 38.4 Å². The minimum absolute atomic E-state index is 0.209. The second-order valence-corrected chi connectivity index (χ2v) is 6.82. The lowest BCUT2D eigenvalue weighted by atomic mass is 10.0. The third kappa shape index (κ3) is 3.38. The van der Waals surface area contributed by atoms with E-state index in [4.69, 9.17) is 5.73 Å². The molecule has 1 heterocycles. The first-order chi connectivity index (χ1) is 10.6. The fourth-order valence-corrected chi connectivity index (χ4v) is 3.48. The number of benzene rings is 1. The minimum atomic E-state index is -0.209. The number of halogens is 1. The Hall–Kier alpha value is -1.69. The van der Waals surface area contributed by atoms with Crippen LogP contribution in [0.3, 0.4) is 0 Å². The van der Waals surface area contributed by atoms with Gasteiger partial charge in [-0.1, -0.05) is 33.3 Å². The molecule has 116 valence electrons. The van der Waals surface area contributed by atoms with Gasteiger partial charge in [-0.2, -0.15) is 0 Å². The highest BCUT2D eigenvalue weighted by Crippen LogP contribution is 2.38. The molecule has 2 N–H and O–H groups in total. The van der Waals surface area contributed by atoms with Gasteiger partial charge in [0.2, 0.25) is 5.91 Å². The summed E-state index contributed by atoms with van der Waals surface area (Å²) in [7, 11) is 0. The summed E-state index contributed by atoms with van der Waals surface area (Å²) in [6, 6.07) is 8.55. The molecule has 0 aliphatic heterocycles. The summed E-state index contributed by atoms with van der Waals surface area (Å²) < 4.78 is 3.09. The van der Waals surface area contributed by atoms with Crippen molar-refractivity contribution < 1.29 is 4.79 Å². The van der Waals surface area contributed by atoms with E-state index in [1.54, 1.807) is 0 Å². The first-order valence-corrected chi connectivity index (χ1v) is 8.37. The van der Waals surface area contributed by atoms with Crippen LogP contribution < -0.4 is 5.73 Å². The van der Waals surface area contributed by atoms with Gasteiger partial charge in [-0.05, 0) is 43.7 Å². The van der Waals surface area contributed by atoms with Crippen molar-refractivity contribution in [1.29, 1.82) is 0 Å². The van der Waals surface area contributed by atoms with E-state index >= 15 is 0 Å². The number of nitrogens with two attached hydrogens (primary N) is 1. The van der Waals surface area contributed by atoms with Gasteiger partial charge in [-0.3, -0.25) is 4.79 Å². The van der Waals surface area contributed by atoms with Crippen LogP contribution in [0.5, 0.6) is 0 Å².